The molecule has 0 spiro atoms. The molecule has 0 bridgehead atoms. The van der Waals surface area contributed by atoms with E-state index in [1.54, 1.807) is 24.3 Å². The minimum Gasteiger partial charge on any atom is -0.358 e. The van der Waals surface area contributed by atoms with Gasteiger partial charge in [-0.3, -0.25) is 9.59 Å². The van der Waals surface area contributed by atoms with Crippen molar-refractivity contribution in [1.29, 1.82) is 0 Å². The van der Waals surface area contributed by atoms with Gasteiger partial charge in [0.25, 0.3) is 11.8 Å². The normalized spacial score (nSPS) is 15.0. The molecule has 5 heteroatoms. The van der Waals surface area contributed by atoms with Gasteiger partial charge in [-0.25, -0.2) is 4.90 Å². The third-order valence-corrected chi connectivity index (χ3v) is 4.32. The maximum Gasteiger partial charge on any atom is 0.263 e. The Labute approximate surface area is 143 Å². The van der Waals surface area contributed by atoms with Gasteiger partial charge in [0.2, 0.25) is 0 Å². The van der Waals surface area contributed by atoms with Crippen LogP contribution < -0.4 is 0 Å². The highest BCUT2D eigenvalue weighted by Gasteiger charge is 2.40. The predicted octanol–water partition coefficient (Wildman–Crippen LogP) is 3.65. The van der Waals surface area contributed by atoms with Gasteiger partial charge in [-0.1, -0.05) is 40.2 Å². The summed E-state index contributed by atoms with van der Waals surface area (Å²) in [6.07, 6.45) is -0.138. The SMILES string of the molecule is CCOC(Cc1ccc(Br)cc1)N1C(=O)c2ccccc2C1=O. The highest BCUT2D eigenvalue weighted by Crippen LogP contribution is 2.26. The molecule has 23 heavy (non-hydrogen) atoms. The summed E-state index contributed by atoms with van der Waals surface area (Å²) in [5, 5.41) is 0. The number of carbonyl (C=O) groups excluding carboxylic acids is 2. The molecule has 1 atom stereocenters. The van der Waals surface area contributed by atoms with Crippen LogP contribution in [0.15, 0.2) is 53.0 Å². The molecule has 118 valence electrons. The van der Waals surface area contributed by atoms with Crippen molar-refractivity contribution >= 4 is 27.7 Å². The molecule has 0 N–H and O–H groups in total. The molecule has 1 unspecified atom stereocenters. The van der Waals surface area contributed by atoms with Crippen LogP contribution in [0.25, 0.3) is 0 Å². The van der Waals surface area contributed by atoms with Crippen molar-refractivity contribution in [3.05, 3.63) is 69.7 Å². The van der Waals surface area contributed by atoms with Crippen LogP contribution in [-0.2, 0) is 11.2 Å². The Hall–Kier alpha value is -1.98. The first-order chi connectivity index (χ1) is 11.1. The van der Waals surface area contributed by atoms with Crippen LogP contribution in [0.1, 0.15) is 33.2 Å². The van der Waals surface area contributed by atoms with E-state index in [0.29, 0.717) is 24.2 Å². The molecule has 4 nitrogen and oxygen atoms in total. The smallest absolute Gasteiger partial charge is 0.263 e. The summed E-state index contributed by atoms with van der Waals surface area (Å²) in [7, 11) is 0. The van der Waals surface area contributed by atoms with Gasteiger partial charge in [0.1, 0.15) is 6.23 Å². The Morgan fingerprint density at radius 3 is 2.09 bits per heavy atom. The molecule has 0 fully saturated rings. The second-order valence-corrected chi connectivity index (χ2v) is 6.18. The number of carbonyl (C=O) groups is 2. The maximum atomic E-state index is 12.6. The molecule has 0 aromatic heterocycles. The molecule has 0 radical (unpaired) electrons. The molecular formula is C18H16BrNO3. The molecule has 1 aliphatic rings. The Kier molecular flexibility index (Phi) is 4.59. The zero-order valence-corrected chi connectivity index (χ0v) is 14.2. The molecule has 2 aromatic rings. The van der Waals surface area contributed by atoms with Gasteiger partial charge in [0.05, 0.1) is 11.1 Å². The Morgan fingerprint density at radius 2 is 1.57 bits per heavy atom. The van der Waals surface area contributed by atoms with Crippen LogP contribution in [-0.4, -0.2) is 29.5 Å². The minimum absolute atomic E-state index is 0.291. The fraction of sp³-hybridized carbons (Fsp3) is 0.222. The highest BCUT2D eigenvalue weighted by atomic mass is 79.9. The number of hydrogen-bond donors (Lipinski definition) is 0. The molecule has 1 aliphatic heterocycles. The third-order valence-electron chi connectivity index (χ3n) is 3.80. The lowest BCUT2D eigenvalue weighted by atomic mass is 10.1. The number of hydrogen-bond acceptors (Lipinski definition) is 3. The van der Waals surface area contributed by atoms with Crippen LogP contribution in [0.4, 0.5) is 0 Å². The summed E-state index contributed by atoms with van der Waals surface area (Å²) in [5.41, 5.74) is 1.89. The lowest BCUT2D eigenvalue weighted by Gasteiger charge is -2.26. The Bertz CT molecular complexity index is 707. The second kappa shape index (κ2) is 6.64. The van der Waals surface area contributed by atoms with Gasteiger partial charge in [-0.2, -0.15) is 0 Å². The zero-order valence-electron chi connectivity index (χ0n) is 12.7. The largest absolute Gasteiger partial charge is 0.358 e. The number of rotatable bonds is 5. The average Bonchev–Trinajstić information content (AvgIpc) is 2.81. The van der Waals surface area contributed by atoms with Gasteiger partial charge in [0.15, 0.2) is 0 Å². The average molecular weight is 374 g/mol. The number of amides is 2. The van der Waals surface area contributed by atoms with E-state index in [1.165, 1.54) is 4.90 Å². The van der Waals surface area contributed by atoms with Crippen molar-refractivity contribution in [2.45, 2.75) is 19.6 Å². The summed E-state index contributed by atoms with van der Waals surface area (Å²) in [6, 6.07) is 14.6. The summed E-state index contributed by atoms with van der Waals surface area (Å²) < 4.78 is 6.69. The zero-order chi connectivity index (χ0) is 16.4. The van der Waals surface area contributed by atoms with E-state index in [0.717, 1.165) is 10.0 Å². The Balaban J connectivity index is 1.88. The highest BCUT2D eigenvalue weighted by molar-refractivity contribution is 9.10. The van der Waals surface area contributed by atoms with Crippen LogP contribution in [0, 0.1) is 0 Å². The number of benzene rings is 2. The van der Waals surface area contributed by atoms with Crippen LogP contribution in [0.5, 0.6) is 0 Å². The van der Waals surface area contributed by atoms with Crippen molar-refractivity contribution in [1.82, 2.24) is 4.90 Å². The number of ether oxygens (including phenoxy) is 1. The van der Waals surface area contributed by atoms with E-state index in [4.69, 9.17) is 4.74 Å². The minimum atomic E-state index is -0.603. The molecule has 1 heterocycles. The van der Waals surface area contributed by atoms with Gasteiger partial charge in [-0.15, -0.1) is 0 Å². The van der Waals surface area contributed by atoms with Gasteiger partial charge in [0, 0.05) is 17.5 Å². The fourth-order valence-corrected chi connectivity index (χ4v) is 2.97. The van der Waals surface area contributed by atoms with Crippen LogP contribution in [0.3, 0.4) is 0 Å². The summed E-state index contributed by atoms with van der Waals surface area (Å²) in [5.74, 6) is -0.581. The van der Waals surface area contributed by atoms with Crippen LogP contribution in [0.2, 0.25) is 0 Å². The third kappa shape index (κ3) is 3.07. The topological polar surface area (TPSA) is 46.6 Å². The van der Waals surface area contributed by atoms with E-state index in [2.05, 4.69) is 15.9 Å². The van der Waals surface area contributed by atoms with Gasteiger partial charge >= 0.3 is 0 Å². The number of nitrogens with zero attached hydrogens (tertiary/aromatic N) is 1. The summed E-state index contributed by atoms with van der Waals surface area (Å²) >= 11 is 3.40. The van der Waals surface area contributed by atoms with Crippen molar-refractivity contribution in [2.24, 2.45) is 0 Å². The second-order valence-electron chi connectivity index (χ2n) is 5.27. The molecule has 2 aromatic carbocycles. The number of halogens is 1. The fourth-order valence-electron chi connectivity index (χ4n) is 2.71. The van der Waals surface area contributed by atoms with Crippen molar-refractivity contribution in [3.8, 4) is 0 Å². The van der Waals surface area contributed by atoms with E-state index in [1.807, 2.05) is 31.2 Å². The first kappa shape index (κ1) is 15.9. The van der Waals surface area contributed by atoms with E-state index >= 15 is 0 Å². The lowest BCUT2D eigenvalue weighted by molar-refractivity contribution is -0.0275. The monoisotopic (exact) mass is 373 g/mol. The molecular weight excluding hydrogens is 358 g/mol. The Morgan fingerprint density at radius 1 is 1.00 bits per heavy atom. The molecule has 0 aliphatic carbocycles. The number of fused-ring (bicyclic) bond motifs is 1. The molecule has 0 saturated heterocycles. The van der Waals surface area contributed by atoms with E-state index < -0.39 is 6.23 Å². The first-order valence-electron chi connectivity index (χ1n) is 7.44. The van der Waals surface area contributed by atoms with Crippen LogP contribution >= 0.6 is 15.9 Å². The first-order valence-corrected chi connectivity index (χ1v) is 8.24. The summed E-state index contributed by atoms with van der Waals surface area (Å²) in [4.78, 5) is 26.4. The molecule has 0 saturated carbocycles. The summed E-state index contributed by atoms with van der Waals surface area (Å²) in [6.45, 7) is 2.28. The maximum absolute atomic E-state index is 12.6. The molecule has 2 amide bonds. The number of imide groups is 1. The van der Waals surface area contributed by atoms with Gasteiger partial charge < -0.3 is 4.74 Å². The lowest BCUT2D eigenvalue weighted by Crippen LogP contribution is -2.43. The van der Waals surface area contributed by atoms with Crippen molar-refractivity contribution in [2.75, 3.05) is 6.61 Å². The molecule has 3 rings (SSSR count). The predicted molar refractivity (Wildman–Crippen MR) is 90.2 cm³/mol. The van der Waals surface area contributed by atoms with Gasteiger partial charge in [-0.05, 0) is 36.8 Å². The van der Waals surface area contributed by atoms with E-state index in [-0.39, 0.29) is 11.8 Å². The van der Waals surface area contributed by atoms with E-state index in [9.17, 15) is 9.59 Å². The standard InChI is InChI=1S/C18H16BrNO3/c1-2-23-16(11-12-7-9-13(19)10-8-12)20-17(21)14-5-3-4-6-15(14)18(20)22/h3-10,16H,2,11H2,1H3. The van der Waals surface area contributed by atoms with Crippen molar-refractivity contribution < 1.29 is 14.3 Å². The quantitative estimate of drug-likeness (QED) is 0.751. The van der Waals surface area contributed by atoms with Crippen molar-refractivity contribution in [3.63, 3.8) is 0 Å².